The van der Waals surface area contributed by atoms with E-state index < -0.39 is 0 Å². The lowest BCUT2D eigenvalue weighted by atomic mass is 10.1. The molecule has 0 aromatic heterocycles. The molecule has 2 nitrogen and oxygen atoms in total. The topological polar surface area (TPSA) is 21.3 Å². The van der Waals surface area contributed by atoms with Crippen LogP contribution in [0.15, 0.2) is 24.3 Å². The van der Waals surface area contributed by atoms with E-state index in [4.69, 9.17) is 4.74 Å². The second kappa shape index (κ2) is 8.13. The fraction of sp³-hybridized carbons (Fsp3) is 0.600. The van der Waals surface area contributed by atoms with E-state index in [1.54, 1.807) is 0 Å². The van der Waals surface area contributed by atoms with Gasteiger partial charge < -0.3 is 10.1 Å². The summed E-state index contributed by atoms with van der Waals surface area (Å²) >= 11 is 0. The molecule has 0 aliphatic carbocycles. The van der Waals surface area contributed by atoms with Crippen molar-refractivity contribution in [1.29, 1.82) is 0 Å². The average Bonchev–Trinajstić information content (AvgIpc) is 2.37. The summed E-state index contributed by atoms with van der Waals surface area (Å²) in [5, 5.41) is 3.47. The smallest absolute Gasteiger partial charge is 0.119 e. The normalized spacial score (nSPS) is 12.4. The third-order valence-corrected chi connectivity index (χ3v) is 2.92. The Bertz CT molecular complexity index is 294. The minimum atomic E-state index is 0.752. The van der Waals surface area contributed by atoms with E-state index in [0.717, 1.165) is 37.8 Å². The highest BCUT2D eigenvalue weighted by Crippen LogP contribution is 2.12. The highest BCUT2D eigenvalue weighted by Gasteiger charge is 1.98. The third-order valence-electron chi connectivity index (χ3n) is 2.92. The minimum absolute atomic E-state index is 0.752. The van der Waals surface area contributed by atoms with Crippen LogP contribution in [0.2, 0.25) is 0 Å². The minimum Gasteiger partial charge on any atom is -0.494 e. The van der Waals surface area contributed by atoms with E-state index in [0.29, 0.717) is 0 Å². The number of hydrogen-bond acceptors (Lipinski definition) is 2. The molecule has 0 saturated heterocycles. The van der Waals surface area contributed by atoms with Crippen LogP contribution in [0, 0.1) is 5.92 Å². The fourth-order valence-electron chi connectivity index (χ4n) is 1.53. The molecule has 0 aliphatic rings. The fourth-order valence-corrected chi connectivity index (χ4v) is 1.53. The zero-order chi connectivity index (χ0) is 12.5. The number of ether oxygens (including phenoxy) is 1. The van der Waals surface area contributed by atoms with Crippen LogP contribution in [0.3, 0.4) is 0 Å². The summed E-state index contributed by atoms with van der Waals surface area (Å²) in [6.07, 6.45) is 2.29. The van der Waals surface area contributed by atoms with Crippen molar-refractivity contribution in [1.82, 2.24) is 5.32 Å². The molecule has 0 bridgehead atoms. The number of nitrogens with one attached hydrogen (secondary N) is 1. The van der Waals surface area contributed by atoms with Crippen LogP contribution < -0.4 is 10.1 Å². The van der Waals surface area contributed by atoms with Gasteiger partial charge in [-0.25, -0.2) is 0 Å². The molecule has 1 aromatic carbocycles. The van der Waals surface area contributed by atoms with Gasteiger partial charge in [0.2, 0.25) is 0 Å². The lowest BCUT2D eigenvalue weighted by Gasteiger charge is -2.10. The van der Waals surface area contributed by atoms with Crippen LogP contribution in [-0.2, 0) is 6.54 Å². The Kier molecular flexibility index (Phi) is 6.71. The molecule has 0 spiro atoms. The van der Waals surface area contributed by atoms with Gasteiger partial charge in [-0.2, -0.15) is 0 Å². The van der Waals surface area contributed by atoms with Gasteiger partial charge in [0.25, 0.3) is 0 Å². The van der Waals surface area contributed by atoms with Gasteiger partial charge in [-0.05, 0) is 36.6 Å². The van der Waals surface area contributed by atoms with Gasteiger partial charge in [0.15, 0.2) is 0 Å². The van der Waals surface area contributed by atoms with Crippen molar-refractivity contribution in [2.45, 2.75) is 40.2 Å². The number of benzene rings is 1. The summed E-state index contributed by atoms with van der Waals surface area (Å²) in [5.74, 6) is 1.72. The molecule has 2 heteroatoms. The van der Waals surface area contributed by atoms with Crippen molar-refractivity contribution in [2.75, 3.05) is 13.2 Å². The van der Waals surface area contributed by atoms with Crippen LogP contribution in [0.25, 0.3) is 0 Å². The van der Waals surface area contributed by atoms with E-state index in [2.05, 4.69) is 50.4 Å². The molecule has 1 unspecified atom stereocenters. The van der Waals surface area contributed by atoms with E-state index in [1.807, 2.05) is 0 Å². The summed E-state index contributed by atoms with van der Waals surface area (Å²) in [6.45, 7) is 9.45. The first-order valence-electron chi connectivity index (χ1n) is 6.68. The molecule has 0 fully saturated rings. The molecule has 1 aromatic rings. The maximum atomic E-state index is 5.55. The summed E-state index contributed by atoms with van der Waals surface area (Å²) < 4.78 is 5.55. The molecular formula is C15H25NO. The first-order valence-corrected chi connectivity index (χ1v) is 6.68. The van der Waals surface area contributed by atoms with E-state index in [1.165, 1.54) is 12.0 Å². The zero-order valence-corrected chi connectivity index (χ0v) is 11.3. The Morgan fingerprint density at radius 2 is 1.88 bits per heavy atom. The summed E-state index contributed by atoms with van der Waals surface area (Å²) in [4.78, 5) is 0. The second-order valence-corrected chi connectivity index (χ2v) is 4.64. The van der Waals surface area contributed by atoms with Crippen molar-refractivity contribution in [2.24, 2.45) is 5.92 Å². The van der Waals surface area contributed by atoms with Gasteiger partial charge in [0.1, 0.15) is 5.75 Å². The van der Waals surface area contributed by atoms with Gasteiger partial charge in [0.05, 0.1) is 6.61 Å². The third kappa shape index (κ3) is 5.73. The molecule has 1 atom stereocenters. The van der Waals surface area contributed by atoms with Crippen LogP contribution >= 0.6 is 0 Å². The monoisotopic (exact) mass is 235 g/mol. The molecule has 0 saturated carbocycles. The van der Waals surface area contributed by atoms with Gasteiger partial charge >= 0.3 is 0 Å². The molecule has 0 radical (unpaired) electrons. The van der Waals surface area contributed by atoms with E-state index >= 15 is 0 Å². The Hall–Kier alpha value is -1.02. The van der Waals surface area contributed by atoms with E-state index in [9.17, 15) is 0 Å². The molecule has 0 aliphatic heterocycles. The highest BCUT2D eigenvalue weighted by atomic mass is 16.5. The van der Waals surface area contributed by atoms with Gasteiger partial charge in [-0.15, -0.1) is 0 Å². The molecular weight excluding hydrogens is 210 g/mol. The van der Waals surface area contributed by atoms with Crippen LogP contribution in [0.5, 0.6) is 5.75 Å². The van der Waals surface area contributed by atoms with Crippen molar-refractivity contribution in [3.8, 4) is 5.75 Å². The molecule has 1 rings (SSSR count). The van der Waals surface area contributed by atoms with Gasteiger partial charge in [-0.3, -0.25) is 0 Å². The van der Waals surface area contributed by atoms with E-state index in [-0.39, 0.29) is 0 Å². The van der Waals surface area contributed by atoms with Crippen LogP contribution in [0.4, 0.5) is 0 Å². The molecule has 0 heterocycles. The van der Waals surface area contributed by atoms with Gasteiger partial charge in [-0.1, -0.05) is 39.3 Å². The van der Waals surface area contributed by atoms with Crippen molar-refractivity contribution in [3.05, 3.63) is 29.8 Å². The van der Waals surface area contributed by atoms with Crippen molar-refractivity contribution >= 4 is 0 Å². The molecule has 17 heavy (non-hydrogen) atoms. The Morgan fingerprint density at radius 3 is 2.47 bits per heavy atom. The summed E-state index contributed by atoms with van der Waals surface area (Å²) in [6, 6.07) is 8.37. The quantitative estimate of drug-likeness (QED) is 0.743. The molecule has 96 valence electrons. The average molecular weight is 235 g/mol. The second-order valence-electron chi connectivity index (χ2n) is 4.64. The largest absolute Gasteiger partial charge is 0.494 e. The maximum Gasteiger partial charge on any atom is 0.119 e. The standard InChI is InChI=1S/C15H25NO/c1-4-10-17-15-8-6-14(7-9-15)12-16-11-13(3)5-2/h6-9,13,16H,4-5,10-12H2,1-3H3. The van der Waals surface area contributed by atoms with Crippen molar-refractivity contribution < 1.29 is 4.74 Å². The Morgan fingerprint density at radius 1 is 1.18 bits per heavy atom. The Labute approximate surface area is 105 Å². The van der Waals surface area contributed by atoms with Crippen LogP contribution in [0.1, 0.15) is 39.2 Å². The van der Waals surface area contributed by atoms with Gasteiger partial charge in [0, 0.05) is 6.54 Å². The first-order chi connectivity index (χ1) is 8.26. The highest BCUT2D eigenvalue weighted by molar-refractivity contribution is 5.27. The summed E-state index contributed by atoms with van der Waals surface area (Å²) in [7, 11) is 0. The van der Waals surface area contributed by atoms with Crippen molar-refractivity contribution in [3.63, 3.8) is 0 Å². The lowest BCUT2D eigenvalue weighted by molar-refractivity contribution is 0.317. The zero-order valence-electron chi connectivity index (χ0n) is 11.3. The first kappa shape index (κ1) is 14.0. The Balaban J connectivity index is 2.30. The molecule has 0 amide bonds. The number of rotatable bonds is 8. The predicted molar refractivity (Wildman–Crippen MR) is 73.4 cm³/mol. The summed E-state index contributed by atoms with van der Waals surface area (Å²) in [5.41, 5.74) is 1.32. The number of hydrogen-bond donors (Lipinski definition) is 1. The molecule has 1 N–H and O–H groups in total. The lowest BCUT2D eigenvalue weighted by Crippen LogP contribution is -2.20. The maximum absolute atomic E-state index is 5.55. The van der Waals surface area contributed by atoms with Crippen LogP contribution in [-0.4, -0.2) is 13.2 Å². The SMILES string of the molecule is CCCOc1ccc(CNCC(C)CC)cc1. The predicted octanol–water partition coefficient (Wildman–Crippen LogP) is 3.61.